The topological polar surface area (TPSA) is 38.0 Å². The molecule has 3 N–H and O–H groups in total. The molecule has 7 aromatic carbocycles. The lowest BCUT2D eigenvalue weighted by molar-refractivity contribution is 0.637. The normalized spacial score (nSPS) is 11.6. The SMILES string of the molecule is Cc1ccccc1.NNC(c1ccccc1)c1ccc(-c2ccc3ccccc3c2-c2c(Br)ccc3ccccc23)cc1. The van der Waals surface area contributed by atoms with E-state index in [-0.39, 0.29) is 6.04 Å². The summed E-state index contributed by atoms with van der Waals surface area (Å²) < 4.78 is 1.09. The molecule has 2 nitrogen and oxygen atoms in total. The number of halogens is 1. The number of fused-ring (bicyclic) bond motifs is 2. The van der Waals surface area contributed by atoms with Gasteiger partial charge in [-0.15, -0.1) is 0 Å². The summed E-state index contributed by atoms with van der Waals surface area (Å²) in [6.45, 7) is 2.08. The van der Waals surface area contributed by atoms with Gasteiger partial charge in [0.05, 0.1) is 6.04 Å². The van der Waals surface area contributed by atoms with Gasteiger partial charge in [0.2, 0.25) is 0 Å². The van der Waals surface area contributed by atoms with E-state index in [0.29, 0.717) is 0 Å². The number of aryl methyl sites for hydroxylation is 1. The molecular formula is C40H33BrN2. The minimum atomic E-state index is -0.0662. The van der Waals surface area contributed by atoms with Crippen LogP contribution in [0.5, 0.6) is 0 Å². The summed E-state index contributed by atoms with van der Waals surface area (Å²) in [7, 11) is 0. The van der Waals surface area contributed by atoms with E-state index >= 15 is 0 Å². The van der Waals surface area contributed by atoms with Gasteiger partial charge in [-0.1, -0.05) is 173 Å². The smallest absolute Gasteiger partial charge is 0.0710 e. The number of nitrogens with two attached hydrogens (primary N) is 1. The summed E-state index contributed by atoms with van der Waals surface area (Å²) in [6, 6.07) is 55.2. The molecule has 0 saturated carbocycles. The second-order valence-corrected chi connectivity index (χ2v) is 11.5. The van der Waals surface area contributed by atoms with E-state index in [0.717, 1.165) is 15.6 Å². The van der Waals surface area contributed by atoms with Crippen molar-refractivity contribution in [2.24, 2.45) is 5.84 Å². The maximum atomic E-state index is 5.96. The van der Waals surface area contributed by atoms with Crippen LogP contribution in [0.25, 0.3) is 43.8 Å². The quantitative estimate of drug-likeness (QED) is 0.148. The van der Waals surface area contributed by atoms with Crippen LogP contribution in [0.15, 0.2) is 162 Å². The lowest BCUT2D eigenvalue weighted by atomic mass is 9.87. The molecule has 0 aromatic heterocycles. The van der Waals surface area contributed by atoms with Crippen LogP contribution in [0.4, 0.5) is 0 Å². The van der Waals surface area contributed by atoms with Gasteiger partial charge in [0, 0.05) is 10.0 Å². The van der Waals surface area contributed by atoms with E-state index in [4.69, 9.17) is 5.84 Å². The van der Waals surface area contributed by atoms with E-state index in [2.05, 4.69) is 150 Å². The molecule has 0 aliphatic rings. The first-order valence-corrected chi connectivity index (χ1v) is 15.3. The highest BCUT2D eigenvalue weighted by Gasteiger charge is 2.18. The molecule has 0 aliphatic carbocycles. The van der Waals surface area contributed by atoms with Crippen molar-refractivity contribution in [2.45, 2.75) is 13.0 Å². The molecule has 1 atom stereocenters. The molecule has 0 spiro atoms. The summed E-state index contributed by atoms with van der Waals surface area (Å²) in [5, 5.41) is 4.92. The van der Waals surface area contributed by atoms with Crippen molar-refractivity contribution in [2.75, 3.05) is 0 Å². The zero-order valence-corrected chi connectivity index (χ0v) is 25.6. The van der Waals surface area contributed by atoms with Crippen LogP contribution in [-0.2, 0) is 0 Å². The molecule has 210 valence electrons. The molecule has 7 aromatic rings. The zero-order valence-electron chi connectivity index (χ0n) is 24.0. The molecule has 0 fully saturated rings. The van der Waals surface area contributed by atoms with Crippen molar-refractivity contribution >= 4 is 37.5 Å². The number of hydrogen-bond acceptors (Lipinski definition) is 2. The standard InChI is InChI=1S/C33H25BrN2.C7H8/c34-30-21-19-23-9-5-7-13-28(23)32(30)31-27-12-6-4-8-22(27)18-20-29(31)24-14-16-26(17-15-24)33(36-35)25-10-2-1-3-11-25;1-7-5-3-2-4-6-7/h1-21,33,36H,35H2;2-6H,1H3. The number of hydrazine groups is 1. The predicted molar refractivity (Wildman–Crippen MR) is 187 cm³/mol. The fraction of sp³-hybridized carbons (Fsp3) is 0.0500. The Hall–Kier alpha value is -4.54. The maximum absolute atomic E-state index is 5.96. The van der Waals surface area contributed by atoms with Gasteiger partial charge in [-0.3, -0.25) is 5.84 Å². The fourth-order valence-corrected chi connectivity index (χ4v) is 6.24. The lowest BCUT2D eigenvalue weighted by Gasteiger charge is -2.19. The number of hydrogen-bond donors (Lipinski definition) is 2. The Bertz CT molecular complexity index is 1970. The number of rotatable bonds is 5. The highest BCUT2D eigenvalue weighted by atomic mass is 79.9. The van der Waals surface area contributed by atoms with Crippen LogP contribution in [0.1, 0.15) is 22.7 Å². The highest BCUT2D eigenvalue weighted by Crippen LogP contribution is 2.44. The highest BCUT2D eigenvalue weighted by molar-refractivity contribution is 9.10. The summed E-state index contributed by atoms with van der Waals surface area (Å²) in [5.41, 5.74) is 11.4. The summed E-state index contributed by atoms with van der Waals surface area (Å²) >= 11 is 3.89. The maximum Gasteiger partial charge on any atom is 0.0710 e. The Morgan fingerprint density at radius 3 is 1.60 bits per heavy atom. The Kier molecular flexibility index (Phi) is 8.76. The van der Waals surface area contributed by atoms with Crippen LogP contribution in [-0.4, -0.2) is 0 Å². The van der Waals surface area contributed by atoms with Crippen molar-refractivity contribution in [3.8, 4) is 22.3 Å². The minimum Gasteiger partial charge on any atom is -0.271 e. The molecule has 0 aliphatic heterocycles. The Morgan fingerprint density at radius 2 is 1.02 bits per heavy atom. The molecule has 3 heteroatoms. The minimum absolute atomic E-state index is 0.0662. The third-order valence-corrected chi connectivity index (χ3v) is 8.51. The zero-order chi connectivity index (χ0) is 29.6. The summed E-state index contributed by atoms with van der Waals surface area (Å²) in [4.78, 5) is 0. The first kappa shape index (κ1) is 28.6. The van der Waals surface area contributed by atoms with E-state index in [9.17, 15) is 0 Å². The second kappa shape index (κ2) is 13.2. The average molecular weight is 622 g/mol. The molecule has 0 radical (unpaired) electrons. The van der Waals surface area contributed by atoms with E-state index in [1.54, 1.807) is 0 Å². The average Bonchev–Trinajstić information content (AvgIpc) is 3.06. The van der Waals surface area contributed by atoms with Gasteiger partial charge in [-0.25, -0.2) is 5.43 Å². The monoisotopic (exact) mass is 620 g/mol. The first-order chi connectivity index (χ1) is 21.1. The number of nitrogens with one attached hydrogen (secondary N) is 1. The molecule has 7 rings (SSSR count). The Morgan fingerprint density at radius 1 is 0.512 bits per heavy atom. The first-order valence-electron chi connectivity index (χ1n) is 14.5. The van der Waals surface area contributed by atoms with Crippen molar-refractivity contribution in [3.05, 3.63) is 179 Å². The van der Waals surface area contributed by atoms with E-state index in [1.165, 1.54) is 49.4 Å². The van der Waals surface area contributed by atoms with Gasteiger partial charge in [-0.05, 0) is 62.4 Å². The van der Waals surface area contributed by atoms with Crippen LogP contribution >= 0.6 is 15.9 Å². The molecule has 0 amide bonds. The third kappa shape index (κ3) is 6.16. The summed E-state index contributed by atoms with van der Waals surface area (Å²) in [6.07, 6.45) is 0. The Labute approximate surface area is 261 Å². The van der Waals surface area contributed by atoms with Crippen LogP contribution in [0.2, 0.25) is 0 Å². The second-order valence-electron chi connectivity index (χ2n) is 10.6. The molecule has 43 heavy (non-hydrogen) atoms. The lowest BCUT2D eigenvalue weighted by Crippen LogP contribution is -2.28. The van der Waals surface area contributed by atoms with Gasteiger partial charge >= 0.3 is 0 Å². The number of benzene rings is 7. The fourth-order valence-electron chi connectivity index (χ4n) is 5.70. The van der Waals surface area contributed by atoms with Gasteiger partial charge < -0.3 is 0 Å². The van der Waals surface area contributed by atoms with Crippen LogP contribution in [0, 0.1) is 6.92 Å². The molecule has 0 bridgehead atoms. The predicted octanol–water partition coefficient (Wildman–Crippen LogP) is 10.6. The van der Waals surface area contributed by atoms with Crippen molar-refractivity contribution in [1.29, 1.82) is 0 Å². The molecule has 1 unspecified atom stereocenters. The largest absolute Gasteiger partial charge is 0.271 e. The Balaban J connectivity index is 0.000000415. The van der Waals surface area contributed by atoms with Crippen molar-refractivity contribution in [1.82, 2.24) is 5.43 Å². The molecular weight excluding hydrogens is 588 g/mol. The van der Waals surface area contributed by atoms with Crippen molar-refractivity contribution < 1.29 is 0 Å². The van der Waals surface area contributed by atoms with E-state index in [1.807, 2.05) is 36.4 Å². The van der Waals surface area contributed by atoms with Gasteiger partial charge in [0.15, 0.2) is 0 Å². The van der Waals surface area contributed by atoms with Crippen LogP contribution < -0.4 is 11.3 Å². The summed E-state index contributed by atoms with van der Waals surface area (Å²) in [5.74, 6) is 5.96. The van der Waals surface area contributed by atoms with Gasteiger partial charge in [0.25, 0.3) is 0 Å². The van der Waals surface area contributed by atoms with E-state index < -0.39 is 0 Å². The molecule has 0 saturated heterocycles. The van der Waals surface area contributed by atoms with Crippen molar-refractivity contribution in [3.63, 3.8) is 0 Å². The third-order valence-electron chi connectivity index (χ3n) is 7.85. The van der Waals surface area contributed by atoms with Gasteiger partial charge in [-0.2, -0.15) is 0 Å². The van der Waals surface area contributed by atoms with Crippen LogP contribution in [0.3, 0.4) is 0 Å². The van der Waals surface area contributed by atoms with Gasteiger partial charge in [0.1, 0.15) is 0 Å². The molecule has 0 heterocycles.